The molecule has 1 heterocycles. The van der Waals surface area contributed by atoms with E-state index in [4.69, 9.17) is 0 Å². The summed E-state index contributed by atoms with van der Waals surface area (Å²) < 4.78 is 0. The number of likely N-dealkylation sites (N-methyl/N-ethyl adjacent to an activating group) is 1. The van der Waals surface area contributed by atoms with E-state index in [1.54, 1.807) is 0 Å². The van der Waals surface area contributed by atoms with E-state index in [0.29, 0.717) is 0 Å². The molecule has 1 saturated carbocycles. The van der Waals surface area contributed by atoms with Crippen molar-refractivity contribution in [2.24, 2.45) is 0 Å². The zero-order valence-corrected chi connectivity index (χ0v) is 10.0. The number of nitrogens with zero attached hydrogens (tertiary/aromatic N) is 2. The Balaban J connectivity index is 1.46. The smallest absolute Gasteiger partial charge is 0.317 e. The molecule has 0 aromatic rings. The zero-order chi connectivity index (χ0) is 11.4. The third-order valence-corrected chi connectivity index (χ3v) is 3.32. The number of carbonyl (C=O) groups excluding carboxylic acids is 1. The molecule has 0 unspecified atom stereocenters. The van der Waals surface area contributed by atoms with E-state index in [1.165, 1.54) is 12.8 Å². The average molecular weight is 226 g/mol. The van der Waals surface area contributed by atoms with Crippen LogP contribution in [0.3, 0.4) is 0 Å². The second-order valence-electron chi connectivity index (χ2n) is 4.68. The third kappa shape index (κ3) is 3.35. The molecule has 0 radical (unpaired) electrons. The van der Waals surface area contributed by atoms with Crippen LogP contribution in [-0.4, -0.2) is 68.2 Å². The number of amides is 2. The van der Waals surface area contributed by atoms with Crippen LogP contribution in [0.1, 0.15) is 12.8 Å². The zero-order valence-electron chi connectivity index (χ0n) is 10.0. The van der Waals surface area contributed by atoms with E-state index in [9.17, 15) is 4.79 Å². The topological polar surface area (TPSA) is 47.6 Å². The Morgan fingerprint density at radius 1 is 1.50 bits per heavy atom. The molecule has 1 saturated heterocycles. The van der Waals surface area contributed by atoms with E-state index < -0.39 is 0 Å². The second-order valence-corrected chi connectivity index (χ2v) is 4.68. The van der Waals surface area contributed by atoms with Crippen LogP contribution >= 0.6 is 0 Å². The van der Waals surface area contributed by atoms with Crippen molar-refractivity contribution in [1.29, 1.82) is 0 Å². The fourth-order valence-corrected chi connectivity index (χ4v) is 2.02. The quantitative estimate of drug-likeness (QED) is 0.586. The molecule has 2 amide bonds. The average Bonchev–Trinajstić information content (AvgIpc) is 3.04. The Morgan fingerprint density at radius 2 is 2.31 bits per heavy atom. The molecular formula is C11H22N4O. The lowest BCUT2D eigenvalue weighted by atomic mass is 10.4. The minimum absolute atomic E-state index is 0.0805. The molecule has 5 nitrogen and oxygen atoms in total. The van der Waals surface area contributed by atoms with Crippen LogP contribution in [-0.2, 0) is 0 Å². The summed E-state index contributed by atoms with van der Waals surface area (Å²) in [5.41, 5.74) is 0. The molecular weight excluding hydrogens is 204 g/mol. The highest BCUT2D eigenvalue weighted by Crippen LogP contribution is 2.24. The fourth-order valence-electron chi connectivity index (χ4n) is 2.02. The Morgan fingerprint density at radius 3 is 2.94 bits per heavy atom. The largest absolute Gasteiger partial charge is 0.336 e. The number of hydrogen-bond donors (Lipinski definition) is 2. The maximum Gasteiger partial charge on any atom is 0.317 e. The first kappa shape index (κ1) is 11.7. The van der Waals surface area contributed by atoms with Gasteiger partial charge in [-0.1, -0.05) is 0 Å². The van der Waals surface area contributed by atoms with Crippen LogP contribution in [0.25, 0.3) is 0 Å². The van der Waals surface area contributed by atoms with Gasteiger partial charge in [0, 0.05) is 45.3 Å². The van der Waals surface area contributed by atoms with Gasteiger partial charge in [0.15, 0.2) is 0 Å². The van der Waals surface area contributed by atoms with Gasteiger partial charge in [-0.3, -0.25) is 0 Å². The molecule has 1 aliphatic heterocycles. The molecule has 0 spiro atoms. The van der Waals surface area contributed by atoms with Crippen LogP contribution < -0.4 is 10.6 Å². The van der Waals surface area contributed by atoms with Crippen molar-refractivity contribution in [3.8, 4) is 0 Å². The summed E-state index contributed by atoms with van der Waals surface area (Å²) in [5.74, 6) is 0. The minimum Gasteiger partial charge on any atom is -0.336 e. The summed E-state index contributed by atoms with van der Waals surface area (Å²) in [6.07, 6.45) is 2.73. The summed E-state index contributed by atoms with van der Waals surface area (Å²) >= 11 is 0. The third-order valence-electron chi connectivity index (χ3n) is 3.32. The summed E-state index contributed by atoms with van der Waals surface area (Å²) in [4.78, 5) is 15.5. The van der Waals surface area contributed by atoms with Crippen LogP contribution in [0, 0.1) is 0 Å². The first-order valence-electron chi connectivity index (χ1n) is 6.21. The summed E-state index contributed by atoms with van der Waals surface area (Å²) in [6, 6.07) is 0.919. The van der Waals surface area contributed by atoms with Crippen molar-refractivity contribution in [2.45, 2.75) is 18.9 Å². The van der Waals surface area contributed by atoms with Gasteiger partial charge >= 0.3 is 6.03 Å². The Kier molecular flexibility index (Phi) is 4.01. The number of nitrogens with one attached hydrogen (secondary N) is 2. The van der Waals surface area contributed by atoms with E-state index in [2.05, 4.69) is 22.6 Å². The van der Waals surface area contributed by atoms with Gasteiger partial charge < -0.3 is 20.4 Å². The highest BCUT2D eigenvalue weighted by molar-refractivity contribution is 5.76. The Labute approximate surface area is 97.2 Å². The van der Waals surface area contributed by atoms with Crippen molar-refractivity contribution >= 4 is 6.03 Å². The first-order valence-corrected chi connectivity index (χ1v) is 6.21. The molecule has 16 heavy (non-hydrogen) atoms. The van der Waals surface area contributed by atoms with Gasteiger partial charge in [-0.25, -0.2) is 4.79 Å². The second kappa shape index (κ2) is 5.50. The molecule has 0 bridgehead atoms. The molecule has 1 aliphatic carbocycles. The number of hydrogen-bond acceptors (Lipinski definition) is 3. The first-order chi connectivity index (χ1) is 7.77. The molecule has 92 valence electrons. The number of carbonyl (C=O) groups is 1. The maximum atomic E-state index is 11.2. The van der Waals surface area contributed by atoms with Gasteiger partial charge in [0.1, 0.15) is 0 Å². The van der Waals surface area contributed by atoms with E-state index in [1.807, 2.05) is 4.90 Å². The van der Waals surface area contributed by atoms with E-state index in [-0.39, 0.29) is 6.03 Å². The van der Waals surface area contributed by atoms with Crippen LogP contribution in [0.15, 0.2) is 0 Å². The van der Waals surface area contributed by atoms with E-state index in [0.717, 1.165) is 45.3 Å². The lowest BCUT2D eigenvalue weighted by Crippen LogP contribution is -2.37. The SMILES string of the molecule is CN(CCNCCN1CCNC1=O)C1CC1. The van der Waals surface area contributed by atoms with Crippen molar-refractivity contribution in [2.75, 3.05) is 46.3 Å². The highest BCUT2D eigenvalue weighted by Gasteiger charge is 2.25. The predicted octanol–water partition coefficient (Wildman–Crippen LogP) is -0.305. The van der Waals surface area contributed by atoms with Gasteiger partial charge in [0.2, 0.25) is 0 Å². The summed E-state index contributed by atoms with van der Waals surface area (Å²) in [7, 11) is 2.19. The lowest BCUT2D eigenvalue weighted by Gasteiger charge is -2.17. The Bertz CT molecular complexity index is 242. The highest BCUT2D eigenvalue weighted by atomic mass is 16.2. The van der Waals surface area contributed by atoms with Gasteiger partial charge in [0.05, 0.1) is 0 Å². The standard InChI is InChI=1S/C11H22N4O/c1-14(10-2-3-10)7-4-12-5-8-15-9-6-13-11(15)16/h10,12H,2-9H2,1H3,(H,13,16). The molecule has 2 aliphatic rings. The van der Waals surface area contributed by atoms with Crippen LogP contribution in [0.4, 0.5) is 4.79 Å². The lowest BCUT2D eigenvalue weighted by molar-refractivity contribution is 0.217. The van der Waals surface area contributed by atoms with Crippen molar-refractivity contribution in [3.63, 3.8) is 0 Å². The molecule has 0 aromatic carbocycles. The molecule has 0 aromatic heterocycles. The van der Waals surface area contributed by atoms with Crippen LogP contribution in [0.2, 0.25) is 0 Å². The van der Waals surface area contributed by atoms with Crippen molar-refractivity contribution < 1.29 is 4.79 Å². The van der Waals surface area contributed by atoms with Crippen molar-refractivity contribution in [3.05, 3.63) is 0 Å². The summed E-state index contributed by atoms with van der Waals surface area (Å²) in [6.45, 7) is 5.48. The summed E-state index contributed by atoms with van der Waals surface area (Å²) in [5, 5.41) is 6.19. The predicted molar refractivity (Wildman–Crippen MR) is 63.5 cm³/mol. The van der Waals surface area contributed by atoms with Crippen molar-refractivity contribution in [1.82, 2.24) is 20.4 Å². The molecule has 2 N–H and O–H groups in total. The monoisotopic (exact) mass is 226 g/mol. The minimum atomic E-state index is 0.0805. The van der Waals surface area contributed by atoms with Gasteiger partial charge in [-0.05, 0) is 19.9 Å². The fraction of sp³-hybridized carbons (Fsp3) is 0.909. The van der Waals surface area contributed by atoms with Gasteiger partial charge in [-0.15, -0.1) is 0 Å². The Hall–Kier alpha value is -0.810. The normalized spacial score (nSPS) is 20.6. The molecule has 0 atom stereocenters. The molecule has 5 heteroatoms. The molecule has 2 rings (SSSR count). The maximum absolute atomic E-state index is 11.2. The van der Waals surface area contributed by atoms with Crippen LogP contribution in [0.5, 0.6) is 0 Å². The van der Waals surface area contributed by atoms with E-state index >= 15 is 0 Å². The molecule has 2 fully saturated rings. The number of rotatable bonds is 7. The van der Waals surface area contributed by atoms with Gasteiger partial charge in [-0.2, -0.15) is 0 Å². The number of urea groups is 1. The van der Waals surface area contributed by atoms with Gasteiger partial charge in [0.25, 0.3) is 0 Å².